The fourth-order valence-electron chi connectivity index (χ4n) is 3.06. The standard InChI is InChI=1S/C17H34/c1-16-12-10-8-6-4-5-7-9-11-14-17(2,3)15-13-16/h16H,4-15H2,1-3H3. The Labute approximate surface area is 110 Å². The maximum atomic E-state index is 2.48. The predicted octanol–water partition coefficient (Wildman–Crippen LogP) is 6.34. The smallest absolute Gasteiger partial charge is 0.0354 e. The van der Waals surface area contributed by atoms with E-state index in [0.717, 1.165) is 5.92 Å². The Balaban J connectivity index is 2.32. The van der Waals surface area contributed by atoms with E-state index in [0.29, 0.717) is 5.41 Å². The third-order valence-corrected chi connectivity index (χ3v) is 4.61. The Morgan fingerprint density at radius 3 is 1.82 bits per heavy atom. The van der Waals surface area contributed by atoms with E-state index < -0.39 is 0 Å². The van der Waals surface area contributed by atoms with Crippen molar-refractivity contribution >= 4 is 0 Å². The van der Waals surface area contributed by atoms with Crippen molar-refractivity contribution in [3.63, 3.8) is 0 Å². The molecule has 0 spiro atoms. The van der Waals surface area contributed by atoms with E-state index in [2.05, 4.69) is 20.8 Å². The minimum Gasteiger partial charge on any atom is -0.0625 e. The third-order valence-electron chi connectivity index (χ3n) is 4.61. The number of hydrogen-bond acceptors (Lipinski definition) is 0. The molecule has 0 aromatic rings. The van der Waals surface area contributed by atoms with Crippen molar-refractivity contribution in [3.8, 4) is 0 Å². The van der Waals surface area contributed by atoms with Gasteiger partial charge < -0.3 is 0 Å². The highest BCUT2D eigenvalue weighted by Gasteiger charge is 2.18. The van der Waals surface area contributed by atoms with Crippen LogP contribution in [0.15, 0.2) is 0 Å². The van der Waals surface area contributed by atoms with E-state index in [-0.39, 0.29) is 0 Å². The zero-order valence-corrected chi connectivity index (χ0v) is 12.6. The molecule has 1 rings (SSSR count). The summed E-state index contributed by atoms with van der Waals surface area (Å²) in [5, 5.41) is 0. The van der Waals surface area contributed by atoms with Gasteiger partial charge in [-0.3, -0.25) is 0 Å². The third kappa shape index (κ3) is 7.84. The van der Waals surface area contributed by atoms with Gasteiger partial charge in [0.25, 0.3) is 0 Å². The molecule has 1 aliphatic rings. The lowest BCUT2D eigenvalue weighted by atomic mass is 9.79. The maximum absolute atomic E-state index is 2.48. The fourth-order valence-corrected chi connectivity index (χ4v) is 3.06. The summed E-state index contributed by atoms with van der Waals surface area (Å²) in [5.74, 6) is 0.956. The molecular weight excluding hydrogens is 204 g/mol. The van der Waals surface area contributed by atoms with Crippen LogP contribution in [-0.4, -0.2) is 0 Å². The largest absolute Gasteiger partial charge is 0.0625 e. The highest BCUT2D eigenvalue weighted by molar-refractivity contribution is 4.70. The van der Waals surface area contributed by atoms with E-state index in [9.17, 15) is 0 Å². The zero-order valence-electron chi connectivity index (χ0n) is 12.6. The molecule has 1 atom stereocenters. The van der Waals surface area contributed by atoms with Gasteiger partial charge in [0, 0.05) is 0 Å². The van der Waals surface area contributed by atoms with Gasteiger partial charge in [-0.1, -0.05) is 85.0 Å². The van der Waals surface area contributed by atoms with Crippen LogP contribution in [0.3, 0.4) is 0 Å². The van der Waals surface area contributed by atoms with Gasteiger partial charge in [0.1, 0.15) is 0 Å². The lowest BCUT2D eigenvalue weighted by molar-refractivity contribution is 0.260. The second-order valence-corrected chi connectivity index (χ2v) is 7.18. The van der Waals surface area contributed by atoms with Crippen molar-refractivity contribution < 1.29 is 0 Å². The van der Waals surface area contributed by atoms with Gasteiger partial charge in [0.2, 0.25) is 0 Å². The molecule has 0 saturated heterocycles. The molecule has 0 nitrogen and oxygen atoms in total. The molecule has 1 saturated carbocycles. The number of hydrogen-bond donors (Lipinski definition) is 0. The summed E-state index contributed by atoms with van der Waals surface area (Å²) in [5.41, 5.74) is 0.596. The fraction of sp³-hybridized carbons (Fsp3) is 1.00. The predicted molar refractivity (Wildman–Crippen MR) is 78.3 cm³/mol. The monoisotopic (exact) mass is 238 g/mol. The molecule has 0 amide bonds. The topological polar surface area (TPSA) is 0 Å². The molecule has 102 valence electrons. The Morgan fingerprint density at radius 2 is 1.18 bits per heavy atom. The average Bonchev–Trinajstić information content (AvgIpc) is 2.28. The van der Waals surface area contributed by atoms with E-state index >= 15 is 0 Å². The molecule has 0 heteroatoms. The van der Waals surface area contributed by atoms with Gasteiger partial charge in [-0.05, 0) is 24.2 Å². The summed E-state index contributed by atoms with van der Waals surface area (Å²) in [6.45, 7) is 7.42. The lowest BCUT2D eigenvalue weighted by Gasteiger charge is -2.26. The lowest BCUT2D eigenvalue weighted by Crippen LogP contribution is -2.13. The highest BCUT2D eigenvalue weighted by atomic mass is 14.2. The summed E-state index contributed by atoms with van der Waals surface area (Å²) >= 11 is 0. The van der Waals surface area contributed by atoms with Crippen LogP contribution in [0.4, 0.5) is 0 Å². The van der Waals surface area contributed by atoms with Crippen molar-refractivity contribution in [1.82, 2.24) is 0 Å². The van der Waals surface area contributed by atoms with Gasteiger partial charge in [-0.25, -0.2) is 0 Å². The van der Waals surface area contributed by atoms with Crippen LogP contribution < -0.4 is 0 Å². The summed E-state index contributed by atoms with van der Waals surface area (Å²) in [6.07, 6.45) is 17.6. The van der Waals surface area contributed by atoms with E-state index in [4.69, 9.17) is 0 Å². The summed E-state index contributed by atoms with van der Waals surface area (Å²) in [6, 6.07) is 0. The molecule has 0 bridgehead atoms. The molecule has 0 N–H and O–H groups in total. The van der Waals surface area contributed by atoms with Crippen LogP contribution in [0.2, 0.25) is 0 Å². The highest BCUT2D eigenvalue weighted by Crippen LogP contribution is 2.32. The minimum atomic E-state index is 0.596. The Hall–Kier alpha value is 0. The molecule has 0 heterocycles. The first-order valence-electron chi connectivity index (χ1n) is 8.10. The van der Waals surface area contributed by atoms with Gasteiger partial charge in [-0.2, -0.15) is 0 Å². The van der Waals surface area contributed by atoms with Crippen LogP contribution >= 0.6 is 0 Å². The molecule has 1 unspecified atom stereocenters. The van der Waals surface area contributed by atoms with Crippen LogP contribution in [-0.2, 0) is 0 Å². The SMILES string of the molecule is CC1CCCCCCCCCCC(C)(C)CC1. The molecule has 0 aromatic carbocycles. The Kier molecular flexibility index (Phi) is 7.23. The summed E-state index contributed by atoms with van der Waals surface area (Å²) in [4.78, 5) is 0. The normalized spacial score (nSPS) is 29.5. The van der Waals surface area contributed by atoms with Crippen LogP contribution in [0.5, 0.6) is 0 Å². The van der Waals surface area contributed by atoms with Gasteiger partial charge >= 0.3 is 0 Å². The molecule has 1 aliphatic carbocycles. The second kappa shape index (κ2) is 8.16. The molecule has 0 radical (unpaired) electrons. The van der Waals surface area contributed by atoms with Crippen molar-refractivity contribution in [2.24, 2.45) is 11.3 Å². The Bertz CT molecular complexity index is 180. The molecular formula is C17H34. The van der Waals surface area contributed by atoms with Crippen molar-refractivity contribution in [3.05, 3.63) is 0 Å². The van der Waals surface area contributed by atoms with Crippen LogP contribution in [0, 0.1) is 11.3 Å². The quantitative estimate of drug-likeness (QED) is 0.461. The number of rotatable bonds is 0. The average molecular weight is 238 g/mol. The van der Waals surface area contributed by atoms with E-state index in [1.54, 1.807) is 0 Å². The molecule has 0 aromatic heterocycles. The molecule has 17 heavy (non-hydrogen) atoms. The first-order valence-corrected chi connectivity index (χ1v) is 8.10. The van der Waals surface area contributed by atoms with Gasteiger partial charge in [-0.15, -0.1) is 0 Å². The zero-order chi connectivity index (χ0) is 12.6. The molecule has 0 aliphatic heterocycles. The van der Waals surface area contributed by atoms with Crippen LogP contribution in [0.1, 0.15) is 97.8 Å². The maximum Gasteiger partial charge on any atom is -0.0354 e. The molecule has 1 fully saturated rings. The van der Waals surface area contributed by atoms with Crippen molar-refractivity contribution in [1.29, 1.82) is 0 Å². The second-order valence-electron chi connectivity index (χ2n) is 7.18. The first kappa shape index (κ1) is 15.1. The Morgan fingerprint density at radius 1 is 0.647 bits per heavy atom. The summed E-state index contributed by atoms with van der Waals surface area (Å²) in [7, 11) is 0. The van der Waals surface area contributed by atoms with Gasteiger partial charge in [0.05, 0.1) is 0 Å². The summed E-state index contributed by atoms with van der Waals surface area (Å²) < 4.78 is 0. The van der Waals surface area contributed by atoms with Crippen molar-refractivity contribution in [2.75, 3.05) is 0 Å². The van der Waals surface area contributed by atoms with Gasteiger partial charge in [0.15, 0.2) is 0 Å². The van der Waals surface area contributed by atoms with E-state index in [1.807, 2.05) is 0 Å². The van der Waals surface area contributed by atoms with E-state index in [1.165, 1.54) is 77.0 Å². The minimum absolute atomic E-state index is 0.596. The van der Waals surface area contributed by atoms with Crippen LogP contribution in [0.25, 0.3) is 0 Å². The first-order chi connectivity index (χ1) is 8.10. The van der Waals surface area contributed by atoms with Crippen molar-refractivity contribution in [2.45, 2.75) is 97.8 Å².